The summed E-state index contributed by atoms with van der Waals surface area (Å²) < 4.78 is 0. The maximum atomic E-state index is 12.2. The van der Waals surface area contributed by atoms with Crippen molar-refractivity contribution in [1.29, 1.82) is 0 Å². The smallest absolute Gasteiger partial charge is 0.320 e. The number of hydrogen-bond acceptors (Lipinski definition) is 2. The van der Waals surface area contributed by atoms with Crippen LogP contribution < -0.4 is 5.73 Å². The molecule has 1 saturated heterocycles. The molecular weight excluding hydrogens is 190 g/mol. The number of carbonyl (C=O) groups is 1. The Bertz CT molecular complexity index is 222. The van der Waals surface area contributed by atoms with Gasteiger partial charge in [0, 0.05) is 32.2 Å². The Kier molecular flexibility index (Phi) is 3.46. The van der Waals surface area contributed by atoms with E-state index in [0.717, 1.165) is 32.5 Å². The van der Waals surface area contributed by atoms with Gasteiger partial charge < -0.3 is 15.5 Å². The van der Waals surface area contributed by atoms with Crippen molar-refractivity contribution in [3.05, 3.63) is 0 Å². The van der Waals surface area contributed by atoms with Gasteiger partial charge in [0.25, 0.3) is 0 Å². The van der Waals surface area contributed by atoms with Crippen LogP contribution in [0.15, 0.2) is 0 Å². The molecule has 1 heterocycles. The van der Waals surface area contributed by atoms with Crippen molar-refractivity contribution >= 4 is 6.03 Å². The van der Waals surface area contributed by atoms with Crippen molar-refractivity contribution in [2.45, 2.75) is 38.1 Å². The number of likely N-dealkylation sites (tertiary alicyclic amines) is 1. The van der Waals surface area contributed by atoms with Crippen molar-refractivity contribution in [3.8, 4) is 0 Å². The highest BCUT2D eigenvalue weighted by atomic mass is 16.2. The van der Waals surface area contributed by atoms with E-state index in [1.807, 2.05) is 9.80 Å². The average molecular weight is 211 g/mol. The summed E-state index contributed by atoms with van der Waals surface area (Å²) in [7, 11) is 0. The summed E-state index contributed by atoms with van der Waals surface area (Å²) in [5, 5.41) is 0. The van der Waals surface area contributed by atoms with Gasteiger partial charge in [0.2, 0.25) is 0 Å². The van der Waals surface area contributed by atoms with E-state index in [0.29, 0.717) is 12.6 Å². The molecule has 0 spiro atoms. The fraction of sp³-hybridized carbons (Fsp3) is 0.909. The maximum absolute atomic E-state index is 12.2. The van der Waals surface area contributed by atoms with Crippen LogP contribution >= 0.6 is 0 Å². The third-order valence-corrected chi connectivity index (χ3v) is 3.51. The number of nitrogens with zero attached hydrogens (tertiary/aromatic N) is 2. The van der Waals surface area contributed by atoms with E-state index < -0.39 is 0 Å². The first kappa shape index (κ1) is 10.7. The summed E-state index contributed by atoms with van der Waals surface area (Å²) in [6, 6.07) is 0.698. The quantitative estimate of drug-likeness (QED) is 0.757. The Hall–Kier alpha value is -0.770. The third kappa shape index (κ3) is 2.25. The highest BCUT2D eigenvalue weighted by Crippen LogP contribution is 2.26. The third-order valence-electron chi connectivity index (χ3n) is 3.51. The van der Waals surface area contributed by atoms with E-state index in [4.69, 9.17) is 5.73 Å². The molecule has 1 aliphatic carbocycles. The molecule has 0 unspecified atom stereocenters. The van der Waals surface area contributed by atoms with Crippen molar-refractivity contribution in [1.82, 2.24) is 9.80 Å². The van der Waals surface area contributed by atoms with Gasteiger partial charge >= 0.3 is 6.03 Å². The van der Waals surface area contributed by atoms with Crippen LogP contribution in [0.1, 0.15) is 32.1 Å². The normalized spacial score (nSPS) is 21.5. The molecule has 1 aliphatic heterocycles. The van der Waals surface area contributed by atoms with Gasteiger partial charge in [0.15, 0.2) is 0 Å². The predicted molar refractivity (Wildman–Crippen MR) is 59.6 cm³/mol. The first-order chi connectivity index (χ1) is 7.33. The van der Waals surface area contributed by atoms with Gasteiger partial charge in [-0.05, 0) is 32.1 Å². The van der Waals surface area contributed by atoms with E-state index in [2.05, 4.69) is 0 Å². The molecule has 2 aliphatic rings. The Morgan fingerprint density at radius 1 is 1.27 bits per heavy atom. The molecule has 0 aromatic rings. The second-order valence-electron chi connectivity index (χ2n) is 4.54. The van der Waals surface area contributed by atoms with Crippen LogP contribution in [0.2, 0.25) is 0 Å². The summed E-state index contributed by atoms with van der Waals surface area (Å²) in [6.45, 7) is 3.18. The predicted octanol–water partition coefficient (Wildman–Crippen LogP) is 1.02. The number of amides is 2. The SMILES string of the molecule is NCCN(C(=O)N1CCCC1)C1CCC1. The first-order valence-electron chi connectivity index (χ1n) is 6.08. The van der Waals surface area contributed by atoms with Crippen molar-refractivity contribution in [2.75, 3.05) is 26.2 Å². The van der Waals surface area contributed by atoms with Crippen molar-refractivity contribution in [3.63, 3.8) is 0 Å². The Labute approximate surface area is 91.4 Å². The molecule has 2 N–H and O–H groups in total. The Balaban J connectivity index is 1.92. The summed E-state index contributed by atoms with van der Waals surface area (Å²) >= 11 is 0. The summed E-state index contributed by atoms with van der Waals surface area (Å²) in [4.78, 5) is 16.1. The number of nitrogens with two attached hydrogens (primary N) is 1. The van der Waals surface area contributed by atoms with E-state index in [9.17, 15) is 4.79 Å². The summed E-state index contributed by atoms with van der Waals surface area (Å²) in [6.07, 6.45) is 5.91. The molecule has 2 rings (SSSR count). The lowest BCUT2D eigenvalue weighted by Crippen LogP contribution is -2.51. The fourth-order valence-corrected chi connectivity index (χ4v) is 2.36. The molecule has 0 aromatic carbocycles. The lowest BCUT2D eigenvalue weighted by molar-refractivity contribution is 0.114. The van der Waals surface area contributed by atoms with Crippen LogP contribution in [-0.4, -0.2) is 48.1 Å². The minimum atomic E-state index is 0.225. The van der Waals surface area contributed by atoms with Gasteiger partial charge in [-0.3, -0.25) is 0 Å². The van der Waals surface area contributed by atoms with Crippen LogP contribution in [0.25, 0.3) is 0 Å². The van der Waals surface area contributed by atoms with Crippen LogP contribution in [0.4, 0.5) is 4.79 Å². The molecule has 2 fully saturated rings. The van der Waals surface area contributed by atoms with E-state index in [1.54, 1.807) is 0 Å². The molecule has 86 valence electrons. The number of rotatable bonds is 3. The molecule has 0 aromatic heterocycles. The van der Waals surface area contributed by atoms with E-state index in [-0.39, 0.29) is 6.03 Å². The molecule has 2 amide bonds. The number of hydrogen-bond donors (Lipinski definition) is 1. The highest BCUT2D eigenvalue weighted by molar-refractivity contribution is 5.75. The molecule has 4 heteroatoms. The molecule has 15 heavy (non-hydrogen) atoms. The zero-order valence-electron chi connectivity index (χ0n) is 9.32. The van der Waals surface area contributed by atoms with Crippen LogP contribution in [-0.2, 0) is 0 Å². The van der Waals surface area contributed by atoms with Crippen LogP contribution in [0, 0.1) is 0 Å². The maximum Gasteiger partial charge on any atom is 0.320 e. The van der Waals surface area contributed by atoms with Crippen molar-refractivity contribution in [2.24, 2.45) is 5.73 Å². The van der Waals surface area contributed by atoms with Crippen LogP contribution in [0.5, 0.6) is 0 Å². The lowest BCUT2D eigenvalue weighted by atomic mass is 9.91. The largest absolute Gasteiger partial charge is 0.329 e. The van der Waals surface area contributed by atoms with Gasteiger partial charge in [-0.1, -0.05) is 0 Å². The van der Waals surface area contributed by atoms with Gasteiger partial charge in [-0.15, -0.1) is 0 Å². The standard InChI is InChI=1S/C11H21N3O/c12-6-9-14(10-4-3-5-10)11(15)13-7-1-2-8-13/h10H,1-9,12H2. The fourth-order valence-electron chi connectivity index (χ4n) is 2.36. The van der Waals surface area contributed by atoms with Gasteiger partial charge in [0.05, 0.1) is 0 Å². The van der Waals surface area contributed by atoms with E-state index in [1.165, 1.54) is 19.3 Å². The van der Waals surface area contributed by atoms with Crippen LogP contribution in [0.3, 0.4) is 0 Å². The van der Waals surface area contributed by atoms with Crippen molar-refractivity contribution < 1.29 is 4.79 Å². The Morgan fingerprint density at radius 2 is 1.93 bits per heavy atom. The van der Waals surface area contributed by atoms with Gasteiger partial charge in [-0.25, -0.2) is 4.79 Å². The minimum Gasteiger partial charge on any atom is -0.329 e. The molecule has 4 nitrogen and oxygen atoms in total. The second-order valence-corrected chi connectivity index (χ2v) is 4.54. The molecule has 0 radical (unpaired) electrons. The topological polar surface area (TPSA) is 49.6 Å². The summed E-state index contributed by atoms with van der Waals surface area (Å²) in [5.74, 6) is 0. The monoisotopic (exact) mass is 211 g/mol. The second kappa shape index (κ2) is 4.84. The highest BCUT2D eigenvalue weighted by Gasteiger charge is 2.31. The van der Waals surface area contributed by atoms with E-state index >= 15 is 0 Å². The number of urea groups is 1. The minimum absolute atomic E-state index is 0.225. The zero-order valence-corrected chi connectivity index (χ0v) is 9.32. The van der Waals surface area contributed by atoms with Gasteiger partial charge in [0.1, 0.15) is 0 Å². The Morgan fingerprint density at radius 3 is 2.40 bits per heavy atom. The number of carbonyl (C=O) groups excluding carboxylic acids is 1. The lowest BCUT2D eigenvalue weighted by Gasteiger charge is -2.39. The average Bonchev–Trinajstić information content (AvgIpc) is 2.66. The zero-order chi connectivity index (χ0) is 10.7. The first-order valence-corrected chi connectivity index (χ1v) is 6.08. The molecule has 0 bridgehead atoms. The molecule has 1 saturated carbocycles. The summed E-state index contributed by atoms with van der Waals surface area (Å²) in [5.41, 5.74) is 5.57. The molecule has 0 atom stereocenters. The van der Waals surface area contributed by atoms with Gasteiger partial charge in [-0.2, -0.15) is 0 Å². The molecular formula is C11H21N3O.